The highest BCUT2D eigenvalue weighted by Gasteiger charge is 2.26. The number of rotatable bonds is 3. The molecule has 3 rings (SSSR count). The number of aromatic carboxylic acids is 1. The summed E-state index contributed by atoms with van der Waals surface area (Å²) in [4.78, 5) is 36.3. The van der Waals surface area contributed by atoms with Gasteiger partial charge in [0.05, 0.1) is 13.1 Å². The minimum Gasteiger partial charge on any atom is -0.477 e. The third-order valence-corrected chi connectivity index (χ3v) is 3.34. The molecule has 1 aromatic carbocycles. The Kier molecular flexibility index (Phi) is 2.67. The van der Waals surface area contributed by atoms with Gasteiger partial charge in [-0.2, -0.15) is 0 Å². The Labute approximate surface area is 113 Å². The summed E-state index contributed by atoms with van der Waals surface area (Å²) in [7, 11) is 0. The van der Waals surface area contributed by atoms with E-state index in [4.69, 9.17) is 5.11 Å². The summed E-state index contributed by atoms with van der Waals surface area (Å²) in [6.45, 7) is 0.904. The van der Waals surface area contributed by atoms with Crippen molar-refractivity contribution in [3.8, 4) is 0 Å². The lowest BCUT2D eigenvalue weighted by atomic mass is 10.1. The Morgan fingerprint density at radius 1 is 1.25 bits per heavy atom. The smallest absolute Gasteiger partial charge is 0.354 e. The van der Waals surface area contributed by atoms with Crippen LogP contribution in [-0.4, -0.2) is 27.0 Å². The summed E-state index contributed by atoms with van der Waals surface area (Å²) in [5.74, 6) is -1.33. The number of carboxylic acids is 1. The van der Waals surface area contributed by atoms with E-state index in [9.17, 15) is 14.4 Å². The van der Waals surface area contributed by atoms with Gasteiger partial charge in [0.15, 0.2) is 12.0 Å². The number of aromatic nitrogens is 2. The van der Waals surface area contributed by atoms with Crippen LogP contribution in [0.4, 0.5) is 0 Å². The molecule has 0 amide bonds. The van der Waals surface area contributed by atoms with Crippen LogP contribution >= 0.6 is 0 Å². The van der Waals surface area contributed by atoms with Crippen LogP contribution in [0.2, 0.25) is 0 Å². The zero-order valence-corrected chi connectivity index (χ0v) is 10.4. The second-order valence-corrected chi connectivity index (χ2v) is 4.52. The molecule has 7 nitrogen and oxygen atoms in total. The highest BCUT2D eigenvalue weighted by atomic mass is 16.4. The normalized spacial score (nSPS) is 13.3. The van der Waals surface area contributed by atoms with Crippen LogP contribution in [0.25, 0.3) is 0 Å². The van der Waals surface area contributed by atoms with E-state index in [0.29, 0.717) is 19.4 Å². The van der Waals surface area contributed by atoms with Gasteiger partial charge in [0.1, 0.15) is 5.69 Å². The maximum atomic E-state index is 11.9. The lowest BCUT2D eigenvalue weighted by Gasteiger charge is -2.18. The number of benzene rings is 1. The number of hydrogen-bond donors (Lipinski definition) is 2. The summed E-state index contributed by atoms with van der Waals surface area (Å²) < 4.78 is 1.09. The molecule has 0 fully saturated rings. The summed E-state index contributed by atoms with van der Waals surface area (Å²) in [5.41, 5.74) is 0.914. The van der Waals surface area contributed by atoms with Gasteiger partial charge in [-0.3, -0.25) is 14.8 Å². The molecule has 2 N–H and O–H groups in total. The van der Waals surface area contributed by atoms with E-state index < -0.39 is 11.7 Å². The third kappa shape index (κ3) is 1.71. The molecule has 0 unspecified atom stereocenters. The average Bonchev–Trinajstić information content (AvgIpc) is 2.98. The van der Waals surface area contributed by atoms with E-state index in [0.717, 1.165) is 15.8 Å². The lowest BCUT2D eigenvalue weighted by molar-refractivity contribution is 0.0687. The van der Waals surface area contributed by atoms with Crippen LogP contribution in [0.3, 0.4) is 0 Å². The Morgan fingerprint density at radius 3 is 2.35 bits per heavy atom. The maximum Gasteiger partial charge on any atom is 0.354 e. The van der Waals surface area contributed by atoms with Crippen molar-refractivity contribution in [3.05, 3.63) is 57.3 Å². The molecule has 20 heavy (non-hydrogen) atoms. The number of carbonyl (C=O) groups is 2. The van der Waals surface area contributed by atoms with Gasteiger partial charge in [-0.25, -0.2) is 14.3 Å². The molecular formula is C13H11N3O4. The maximum absolute atomic E-state index is 11.9. The van der Waals surface area contributed by atoms with Crippen molar-refractivity contribution in [3.63, 3.8) is 0 Å². The predicted octanol–water partition coefficient (Wildman–Crippen LogP) is 0.339. The van der Waals surface area contributed by atoms with Gasteiger partial charge in [0.25, 0.3) is 0 Å². The number of aromatic amines is 1. The number of aldehydes is 1. The van der Waals surface area contributed by atoms with E-state index >= 15 is 0 Å². The van der Waals surface area contributed by atoms with Crippen molar-refractivity contribution in [2.45, 2.75) is 13.1 Å². The van der Waals surface area contributed by atoms with Gasteiger partial charge in [-0.05, 0) is 11.1 Å². The first-order valence-corrected chi connectivity index (χ1v) is 5.97. The number of hydrogen-bond acceptors (Lipinski definition) is 4. The Bertz CT molecular complexity index is 734. The Balaban J connectivity index is 2.07. The van der Waals surface area contributed by atoms with Gasteiger partial charge < -0.3 is 5.11 Å². The van der Waals surface area contributed by atoms with Gasteiger partial charge in [-0.15, -0.1) is 0 Å². The second-order valence-electron chi connectivity index (χ2n) is 4.52. The lowest BCUT2D eigenvalue weighted by Crippen LogP contribution is -2.38. The van der Waals surface area contributed by atoms with E-state index in [2.05, 4.69) is 4.98 Å². The van der Waals surface area contributed by atoms with Crippen LogP contribution < -0.4 is 10.7 Å². The largest absolute Gasteiger partial charge is 0.477 e. The van der Waals surface area contributed by atoms with Crippen molar-refractivity contribution in [1.29, 1.82) is 0 Å². The molecule has 1 aromatic heterocycles. The summed E-state index contributed by atoms with van der Waals surface area (Å²) in [5, 5.41) is 10.6. The molecule has 0 bridgehead atoms. The number of nitrogens with zero attached hydrogens (tertiary/aromatic N) is 2. The number of fused-ring (bicyclic) bond motifs is 1. The monoisotopic (exact) mass is 273 g/mol. The number of carboxylic acid groups (broad SMARTS) is 1. The SMILES string of the molecule is O=Cc1c(C(=O)O)[nH]c(=O)n1N1Cc2ccccc2C1. The molecule has 1 aliphatic rings. The molecule has 2 aromatic rings. The molecule has 7 heteroatoms. The molecule has 2 heterocycles. The Hall–Kier alpha value is -2.83. The first-order valence-electron chi connectivity index (χ1n) is 5.97. The Morgan fingerprint density at radius 2 is 1.85 bits per heavy atom. The molecule has 102 valence electrons. The van der Waals surface area contributed by atoms with Crippen LogP contribution in [0.5, 0.6) is 0 Å². The molecule has 0 aliphatic carbocycles. The van der Waals surface area contributed by atoms with Crippen molar-refractivity contribution in [1.82, 2.24) is 9.66 Å². The van der Waals surface area contributed by atoms with Gasteiger partial charge >= 0.3 is 11.7 Å². The molecule has 1 aliphatic heterocycles. The molecule has 0 saturated heterocycles. The van der Waals surface area contributed by atoms with Crippen molar-refractivity contribution < 1.29 is 14.7 Å². The fourth-order valence-electron chi connectivity index (χ4n) is 2.45. The minimum absolute atomic E-state index is 0.171. The predicted molar refractivity (Wildman–Crippen MR) is 69.5 cm³/mol. The topological polar surface area (TPSA) is 95.4 Å². The van der Waals surface area contributed by atoms with Gasteiger partial charge in [0, 0.05) is 0 Å². The van der Waals surface area contributed by atoms with Crippen LogP contribution in [0.15, 0.2) is 29.1 Å². The van der Waals surface area contributed by atoms with Gasteiger partial charge in [-0.1, -0.05) is 24.3 Å². The first kappa shape index (κ1) is 12.2. The zero-order chi connectivity index (χ0) is 14.3. The highest BCUT2D eigenvalue weighted by molar-refractivity contribution is 5.94. The standard InChI is InChI=1S/C13H11N3O4/c17-7-10-11(12(18)19)14-13(20)16(10)15-5-8-3-1-2-4-9(8)6-15/h1-4,7H,5-6H2,(H,14,20)(H,18,19). The highest BCUT2D eigenvalue weighted by Crippen LogP contribution is 2.21. The van der Waals surface area contributed by atoms with Crippen molar-refractivity contribution in [2.75, 3.05) is 5.01 Å². The quantitative estimate of drug-likeness (QED) is 0.786. The zero-order valence-electron chi connectivity index (χ0n) is 10.4. The first-order chi connectivity index (χ1) is 9.61. The minimum atomic E-state index is -1.33. The summed E-state index contributed by atoms with van der Waals surface area (Å²) >= 11 is 0. The summed E-state index contributed by atoms with van der Waals surface area (Å²) in [6.07, 6.45) is 0.379. The van der Waals surface area contributed by atoms with E-state index in [1.807, 2.05) is 24.3 Å². The number of H-pyrrole nitrogens is 1. The van der Waals surface area contributed by atoms with E-state index in [1.165, 1.54) is 0 Å². The van der Waals surface area contributed by atoms with Crippen LogP contribution in [-0.2, 0) is 13.1 Å². The van der Waals surface area contributed by atoms with Crippen LogP contribution in [0, 0.1) is 0 Å². The molecular weight excluding hydrogens is 262 g/mol. The van der Waals surface area contributed by atoms with Crippen molar-refractivity contribution in [2.24, 2.45) is 0 Å². The average molecular weight is 273 g/mol. The van der Waals surface area contributed by atoms with Crippen LogP contribution in [0.1, 0.15) is 32.1 Å². The van der Waals surface area contributed by atoms with Crippen molar-refractivity contribution >= 4 is 12.3 Å². The van der Waals surface area contributed by atoms with E-state index in [-0.39, 0.29) is 11.4 Å². The molecule has 0 radical (unpaired) electrons. The third-order valence-electron chi connectivity index (χ3n) is 3.34. The van der Waals surface area contributed by atoms with Gasteiger partial charge in [0.2, 0.25) is 0 Å². The molecule has 0 atom stereocenters. The summed E-state index contributed by atoms with van der Waals surface area (Å²) in [6, 6.07) is 7.66. The number of imidazole rings is 1. The molecule has 0 spiro atoms. The number of carbonyl (C=O) groups excluding carboxylic acids is 1. The fraction of sp³-hybridized carbons (Fsp3) is 0.154. The number of nitrogens with one attached hydrogen (secondary N) is 1. The molecule has 0 saturated carbocycles. The van der Waals surface area contributed by atoms with E-state index in [1.54, 1.807) is 5.01 Å². The fourth-order valence-corrected chi connectivity index (χ4v) is 2.45. The second kappa shape index (κ2) is 4.37.